The van der Waals surface area contributed by atoms with Gasteiger partial charge < -0.3 is 4.57 Å². The van der Waals surface area contributed by atoms with Crippen LogP contribution in [0, 0.1) is 10.1 Å². The van der Waals surface area contributed by atoms with Crippen molar-refractivity contribution in [1.29, 1.82) is 0 Å². The van der Waals surface area contributed by atoms with Crippen molar-refractivity contribution in [2.45, 2.75) is 13.5 Å². The molecule has 2 heterocycles. The summed E-state index contributed by atoms with van der Waals surface area (Å²) in [4.78, 5) is 27.3. The molecule has 0 aliphatic carbocycles. The van der Waals surface area contributed by atoms with E-state index in [0.717, 1.165) is 21.6 Å². The number of nitrogens with zero attached hydrogens (tertiary/aromatic N) is 3. The fourth-order valence-corrected chi connectivity index (χ4v) is 4.45. The number of aryl methyl sites for hydroxylation is 1. The molecule has 0 bridgehead atoms. The zero-order valence-corrected chi connectivity index (χ0v) is 15.3. The largest absolute Gasteiger partial charge is 0.324 e. The molecule has 124 valence electrons. The highest BCUT2D eigenvalue weighted by molar-refractivity contribution is 7.17. The van der Waals surface area contributed by atoms with Crippen LogP contribution >= 0.6 is 45.9 Å². The summed E-state index contributed by atoms with van der Waals surface area (Å²) < 4.78 is 2.66. The van der Waals surface area contributed by atoms with Crippen molar-refractivity contribution >= 4 is 67.0 Å². The Hall–Kier alpha value is -1.74. The normalized spacial score (nSPS) is 12.0. The van der Waals surface area contributed by atoms with Gasteiger partial charge in [-0.2, -0.15) is 4.99 Å². The van der Waals surface area contributed by atoms with Crippen LogP contribution in [0.5, 0.6) is 0 Å². The highest BCUT2D eigenvalue weighted by Crippen LogP contribution is 2.32. The molecule has 1 amide bonds. The van der Waals surface area contributed by atoms with Crippen LogP contribution in [0.4, 0.5) is 5.00 Å². The molecule has 0 saturated heterocycles. The van der Waals surface area contributed by atoms with E-state index in [1.165, 1.54) is 23.5 Å². The molecule has 1 aromatic carbocycles. The van der Waals surface area contributed by atoms with Gasteiger partial charge in [-0.1, -0.05) is 45.9 Å². The number of nitro groups is 1. The summed E-state index contributed by atoms with van der Waals surface area (Å²) >= 11 is 14.4. The quantitative estimate of drug-likeness (QED) is 0.469. The van der Waals surface area contributed by atoms with E-state index < -0.39 is 10.8 Å². The summed E-state index contributed by atoms with van der Waals surface area (Å²) in [7, 11) is 0. The molecule has 0 atom stereocenters. The lowest BCUT2D eigenvalue weighted by Crippen LogP contribution is -2.15. The number of carbonyl (C=O) groups excluding carboxylic acids is 1. The lowest BCUT2D eigenvalue weighted by molar-refractivity contribution is -0.380. The molecule has 0 unspecified atom stereocenters. The third-order valence-electron chi connectivity index (χ3n) is 3.23. The van der Waals surface area contributed by atoms with E-state index in [4.69, 9.17) is 23.2 Å². The number of aromatic nitrogens is 1. The minimum atomic E-state index is -0.533. The van der Waals surface area contributed by atoms with E-state index in [-0.39, 0.29) is 9.88 Å². The van der Waals surface area contributed by atoms with Crippen molar-refractivity contribution in [3.63, 3.8) is 0 Å². The van der Waals surface area contributed by atoms with Crippen molar-refractivity contribution in [1.82, 2.24) is 4.57 Å². The van der Waals surface area contributed by atoms with Crippen molar-refractivity contribution in [2.24, 2.45) is 4.99 Å². The summed E-state index contributed by atoms with van der Waals surface area (Å²) in [6.45, 7) is 2.46. The number of benzene rings is 1. The second-order valence-electron chi connectivity index (χ2n) is 4.65. The van der Waals surface area contributed by atoms with E-state index >= 15 is 0 Å². The van der Waals surface area contributed by atoms with Gasteiger partial charge in [-0.15, -0.1) is 0 Å². The van der Waals surface area contributed by atoms with E-state index in [0.29, 0.717) is 21.4 Å². The first-order chi connectivity index (χ1) is 11.4. The molecule has 0 aliphatic rings. The van der Waals surface area contributed by atoms with Gasteiger partial charge in [-0.05, 0) is 25.1 Å². The summed E-state index contributed by atoms with van der Waals surface area (Å²) in [5.74, 6) is -0.524. The lowest BCUT2D eigenvalue weighted by atomic mass is 10.3. The number of thiophene rings is 1. The van der Waals surface area contributed by atoms with Gasteiger partial charge in [-0.3, -0.25) is 14.9 Å². The van der Waals surface area contributed by atoms with Gasteiger partial charge in [-0.25, -0.2) is 0 Å². The summed E-state index contributed by atoms with van der Waals surface area (Å²) in [6, 6.07) is 6.21. The number of amides is 1. The fourth-order valence-electron chi connectivity index (χ4n) is 2.16. The van der Waals surface area contributed by atoms with Crippen LogP contribution < -0.4 is 4.80 Å². The summed E-state index contributed by atoms with van der Waals surface area (Å²) in [5, 5.41) is 11.5. The molecule has 24 heavy (non-hydrogen) atoms. The first-order valence-corrected chi connectivity index (χ1v) is 9.12. The predicted molar refractivity (Wildman–Crippen MR) is 96.4 cm³/mol. The Bertz CT molecular complexity index is 1040. The Balaban J connectivity index is 2.14. The standard InChI is InChI=1S/C14H9Cl2N3O3S2/c1-2-18-12-8(4-3-7(15)11(12)16)24-14(18)17-13(20)9-5-6-10(23-9)19(21)22/h3-6H,2H2,1H3. The number of fused-ring (bicyclic) bond motifs is 1. The van der Waals surface area contributed by atoms with Crippen LogP contribution in [0.15, 0.2) is 29.3 Å². The molecule has 2 aromatic heterocycles. The second-order valence-corrected chi connectivity index (χ2v) is 7.51. The monoisotopic (exact) mass is 401 g/mol. The first kappa shape index (κ1) is 17.1. The minimum absolute atomic E-state index is 0.0944. The SMILES string of the molecule is CCn1c(=NC(=O)c2ccc([N+](=O)[O-])s2)sc2ccc(Cl)c(Cl)c21. The zero-order chi connectivity index (χ0) is 17.4. The van der Waals surface area contributed by atoms with Crippen molar-refractivity contribution in [2.75, 3.05) is 0 Å². The van der Waals surface area contributed by atoms with E-state index in [2.05, 4.69) is 4.99 Å². The average Bonchev–Trinajstić information content (AvgIpc) is 3.15. The molecule has 0 spiro atoms. The van der Waals surface area contributed by atoms with Crippen LogP contribution in [0.25, 0.3) is 10.2 Å². The Kier molecular flexibility index (Phi) is 4.73. The minimum Gasteiger partial charge on any atom is -0.315 e. The fraction of sp³-hybridized carbons (Fsp3) is 0.143. The number of thiazole rings is 1. The molecule has 10 heteroatoms. The number of carbonyl (C=O) groups is 1. The molecule has 0 aliphatic heterocycles. The van der Waals surface area contributed by atoms with E-state index in [9.17, 15) is 14.9 Å². The molecular weight excluding hydrogens is 393 g/mol. The van der Waals surface area contributed by atoms with Crippen LogP contribution in [0.2, 0.25) is 10.0 Å². The van der Waals surface area contributed by atoms with Gasteiger partial charge in [0.15, 0.2) is 4.80 Å². The third kappa shape index (κ3) is 2.98. The van der Waals surface area contributed by atoms with E-state index in [1.807, 2.05) is 13.0 Å². The molecule has 3 aromatic rings. The van der Waals surface area contributed by atoms with Crippen molar-refractivity contribution in [3.8, 4) is 0 Å². The summed E-state index contributed by atoms with van der Waals surface area (Å²) in [5.41, 5.74) is 0.723. The van der Waals surface area contributed by atoms with Crippen LogP contribution in [-0.4, -0.2) is 15.4 Å². The predicted octanol–water partition coefficient (Wildman–Crippen LogP) is 4.74. The van der Waals surface area contributed by atoms with Crippen LogP contribution in [0.3, 0.4) is 0 Å². The molecule has 0 saturated carbocycles. The first-order valence-electron chi connectivity index (χ1n) is 6.73. The molecule has 0 fully saturated rings. The van der Waals surface area contributed by atoms with Crippen molar-refractivity contribution < 1.29 is 9.72 Å². The van der Waals surface area contributed by atoms with Crippen molar-refractivity contribution in [3.05, 3.63) is 54.1 Å². The third-order valence-corrected chi connectivity index (χ3v) is 6.09. The Morgan fingerprint density at radius 3 is 2.67 bits per heavy atom. The maximum Gasteiger partial charge on any atom is 0.324 e. The topological polar surface area (TPSA) is 77.5 Å². The average molecular weight is 402 g/mol. The molecule has 6 nitrogen and oxygen atoms in total. The van der Waals surface area contributed by atoms with Gasteiger partial charge in [0.05, 0.1) is 25.2 Å². The Morgan fingerprint density at radius 1 is 1.29 bits per heavy atom. The van der Waals surface area contributed by atoms with Gasteiger partial charge >= 0.3 is 5.00 Å². The summed E-state index contributed by atoms with van der Waals surface area (Å²) in [6.07, 6.45) is 0. The zero-order valence-electron chi connectivity index (χ0n) is 12.2. The molecular formula is C14H9Cl2N3O3S2. The number of rotatable bonds is 3. The molecule has 3 rings (SSSR count). The highest BCUT2D eigenvalue weighted by Gasteiger charge is 2.16. The maximum atomic E-state index is 12.3. The van der Waals surface area contributed by atoms with Crippen LogP contribution in [0.1, 0.15) is 16.6 Å². The Labute approximate surface area is 153 Å². The smallest absolute Gasteiger partial charge is 0.315 e. The van der Waals surface area contributed by atoms with Gasteiger partial charge in [0.25, 0.3) is 5.91 Å². The van der Waals surface area contributed by atoms with Gasteiger partial charge in [0.2, 0.25) is 0 Å². The maximum absolute atomic E-state index is 12.3. The lowest BCUT2D eigenvalue weighted by Gasteiger charge is -2.03. The van der Waals surface area contributed by atoms with E-state index in [1.54, 1.807) is 10.6 Å². The molecule has 0 radical (unpaired) electrons. The van der Waals surface area contributed by atoms with Gasteiger partial charge in [0.1, 0.15) is 4.88 Å². The molecule has 0 N–H and O–H groups in total. The number of hydrogen-bond acceptors (Lipinski definition) is 5. The number of hydrogen-bond donors (Lipinski definition) is 0. The number of halogens is 2. The highest BCUT2D eigenvalue weighted by atomic mass is 35.5. The van der Waals surface area contributed by atoms with Crippen LogP contribution in [-0.2, 0) is 6.54 Å². The Morgan fingerprint density at radius 2 is 2.04 bits per heavy atom. The second kappa shape index (κ2) is 6.64. The van der Waals surface area contributed by atoms with Gasteiger partial charge in [0, 0.05) is 12.6 Å².